The van der Waals surface area contributed by atoms with Gasteiger partial charge in [-0.1, -0.05) is 28.5 Å². The molecule has 6 heteroatoms. The van der Waals surface area contributed by atoms with Gasteiger partial charge < -0.3 is 15.3 Å². The Bertz CT molecular complexity index is 405. The van der Waals surface area contributed by atoms with E-state index in [1.54, 1.807) is 0 Å². The molecular formula is C11H14N4O2. The van der Waals surface area contributed by atoms with E-state index in [2.05, 4.69) is 15.3 Å². The van der Waals surface area contributed by atoms with Crippen molar-refractivity contribution in [2.45, 2.75) is 12.5 Å². The van der Waals surface area contributed by atoms with E-state index in [4.69, 9.17) is 15.3 Å². The van der Waals surface area contributed by atoms with E-state index in [0.717, 1.165) is 12.2 Å². The summed E-state index contributed by atoms with van der Waals surface area (Å²) >= 11 is 0. The lowest BCUT2D eigenvalue weighted by Gasteiger charge is -2.07. The molecule has 1 atom stereocenters. The standard InChI is InChI=1S/C11H14N4O2/c12-15-14-11-13-9(8-17-11)6-7-16-10-4-2-1-3-5-10/h1-5,9H,6-8H2,(H2,12,13,14)/t9-/m0/s1. The second kappa shape index (κ2) is 5.83. The van der Waals surface area contributed by atoms with Crippen molar-refractivity contribution >= 4 is 6.02 Å². The molecular weight excluding hydrogens is 220 g/mol. The number of rotatable bonds is 4. The Morgan fingerprint density at radius 3 is 3.00 bits per heavy atom. The summed E-state index contributed by atoms with van der Waals surface area (Å²) in [7, 11) is 0. The molecule has 0 spiro atoms. The zero-order chi connectivity index (χ0) is 11.9. The van der Waals surface area contributed by atoms with Gasteiger partial charge in [0.25, 0.3) is 0 Å². The monoisotopic (exact) mass is 234 g/mol. The van der Waals surface area contributed by atoms with E-state index in [1.165, 1.54) is 0 Å². The summed E-state index contributed by atoms with van der Waals surface area (Å²) in [5.41, 5.74) is 0. The summed E-state index contributed by atoms with van der Waals surface area (Å²) in [6.07, 6.45) is 0.776. The predicted molar refractivity (Wildman–Crippen MR) is 62.8 cm³/mol. The van der Waals surface area contributed by atoms with Crippen molar-refractivity contribution in [2.75, 3.05) is 13.2 Å². The van der Waals surface area contributed by atoms with Gasteiger partial charge in [0, 0.05) is 6.42 Å². The third kappa shape index (κ3) is 3.44. The number of ether oxygens (including phenoxy) is 2. The van der Waals surface area contributed by atoms with Crippen LogP contribution in [0.3, 0.4) is 0 Å². The van der Waals surface area contributed by atoms with Crippen molar-refractivity contribution in [1.29, 1.82) is 0 Å². The first-order chi connectivity index (χ1) is 8.38. The Morgan fingerprint density at radius 1 is 1.41 bits per heavy atom. The minimum Gasteiger partial charge on any atom is -0.494 e. The van der Waals surface area contributed by atoms with Gasteiger partial charge >= 0.3 is 6.02 Å². The zero-order valence-corrected chi connectivity index (χ0v) is 9.32. The molecule has 0 unspecified atom stereocenters. The highest BCUT2D eigenvalue weighted by Crippen LogP contribution is 2.12. The Kier molecular flexibility index (Phi) is 3.90. The van der Waals surface area contributed by atoms with Crippen LogP contribution in [0.25, 0.3) is 0 Å². The number of hydrogen-bond acceptors (Lipinski definition) is 5. The molecule has 2 rings (SSSR count). The quantitative estimate of drug-likeness (QED) is 0.487. The van der Waals surface area contributed by atoms with Gasteiger partial charge in [-0.25, -0.2) is 4.99 Å². The van der Waals surface area contributed by atoms with Crippen LogP contribution < -0.4 is 10.6 Å². The van der Waals surface area contributed by atoms with E-state index >= 15 is 0 Å². The molecule has 1 heterocycles. The number of aliphatic imine (C=N–C) groups is 1. The summed E-state index contributed by atoms with van der Waals surface area (Å²) in [5, 5.41) is 6.65. The number of benzene rings is 1. The van der Waals surface area contributed by atoms with E-state index < -0.39 is 0 Å². The molecule has 17 heavy (non-hydrogen) atoms. The van der Waals surface area contributed by atoms with Gasteiger partial charge in [0.05, 0.1) is 12.6 Å². The Hall–Kier alpha value is -2.11. The summed E-state index contributed by atoms with van der Waals surface area (Å²) in [5.74, 6) is 5.76. The Morgan fingerprint density at radius 2 is 2.24 bits per heavy atom. The maximum Gasteiger partial charge on any atom is 0.332 e. The summed E-state index contributed by atoms with van der Waals surface area (Å²) in [6, 6.07) is 9.98. The molecule has 0 amide bonds. The molecule has 0 aliphatic carbocycles. The van der Waals surface area contributed by atoms with Crippen LogP contribution in [0.1, 0.15) is 6.42 Å². The van der Waals surface area contributed by atoms with Gasteiger partial charge in [-0.2, -0.15) is 0 Å². The van der Waals surface area contributed by atoms with Crippen molar-refractivity contribution in [3.05, 3.63) is 30.3 Å². The lowest BCUT2D eigenvalue weighted by atomic mass is 10.2. The first-order valence-electron chi connectivity index (χ1n) is 5.38. The van der Waals surface area contributed by atoms with Gasteiger partial charge in [0.1, 0.15) is 12.4 Å². The van der Waals surface area contributed by atoms with Crippen LogP contribution in [0.15, 0.2) is 45.7 Å². The molecule has 6 nitrogen and oxygen atoms in total. The SMILES string of the molecule is NN=NC1=N[C@@H](CCOc2ccccc2)CO1. The second-order valence-corrected chi connectivity index (χ2v) is 3.54. The van der Waals surface area contributed by atoms with Crippen LogP contribution in [0.2, 0.25) is 0 Å². The lowest BCUT2D eigenvalue weighted by Crippen LogP contribution is -2.11. The normalized spacial score (nSPS) is 19.1. The van der Waals surface area contributed by atoms with E-state index in [1.807, 2.05) is 30.3 Å². The fourth-order valence-corrected chi connectivity index (χ4v) is 1.48. The molecule has 90 valence electrons. The average Bonchev–Trinajstić information content (AvgIpc) is 2.79. The van der Waals surface area contributed by atoms with Crippen LogP contribution in [0, 0.1) is 0 Å². The molecule has 1 aliphatic rings. The highest BCUT2D eigenvalue weighted by Gasteiger charge is 2.18. The third-order valence-corrected chi connectivity index (χ3v) is 2.30. The minimum atomic E-state index is 0.0687. The van der Waals surface area contributed by atoms with Crippen LogP contribution in [0.5, 0.6) is 5.75 Å². The zero-order valence-electron chi connectivity index (χ0n) is 9.32. The fraction of sp³-hybridized carbons (Fsp3) is 0.364. The number of hydrogen-bond donors (Lipinski definition) is 1. The third-order valence-electron chi connectivity index (χ3n) is 2.30. The number of para-hydroxylation sites is 1. The molecule has 1 aliphatic heterocycles. The van der Waals surface area contributed by atoms with Crippen LogP contribution >= 0.6 is 0 Å². The smallest absolute Gasteiger partial charge is 0.332 e. The van der Waals surface area contributed by atoms with Crippen LogP contribution in [-0.4, -0.2) is 25.3 Å². The highest BCUT2D eigenvalue weighted by molar-refractivity contribution is 5.75. The Balaban J connectivity index is 1.73. The molecule has 1 aromatic rings. The molecule has 1 aromatic carbocycles. The van der Waals surface area contributed by atoms with E-state index in [-0.39, 0.29) is 12.1 Å². The van der Waals surface area contributed by atoms with Gasteiger partial charge in [0.2, 0.25) is 0 Å². The molecule has 0 fully saturated rings. The van der Waals surface area contributed by atoms with Crippen molar-refractivity contribution in [1.82, 2.24) is 0 Å². The highest BCUT2D eigenvalue weighted by atomic mass is 16.5. The van der Waals surface area contributed by atoms with Crippen LogP contribution in [0.4, 0.5) is 0 Å². The van der Waals surface area contributed by atoms with Gasteiger partial charge in [0.15, 0.2) is 0 Å². The van der Waals surface area contributed by atoms with Gasteiger partial charge in [-0.3, -0.25) is 0 Å². The summed E-state index contributed by atoms with van der Waals surface area (Å²) in [6.45, 7) is 1.10. The first kappa shape index (κ1) is 11.4. The second-order valence-electron chi connectivity index (χ2n) is 3.54. The molecule has 0 bridgehead atoms. The average molecular weight is 234 g/mol. The topological polar surface area (TPSA) is 81.6 Å². The largest absolute Gasteiger partial charge is 0.494 e. The lowest BCUT2D eigenvalue weighted by molar-refractivity contribution is 0.263. The van der Waals surface area contributed by atoms with Crippen molar-refractivity contribution < 1.29 is 9.47 Å². The summed E-state index contributed by atoms with van der Waals surface area (Å²) in [4.78, 5) is 4.18. The molecule has 0 aromatic heterocycles. The molecule has 2 N–H and O–H groups in total. The number of nitrogens with zero attached hydrogens (tertiary/aromatic N) is 3. The van der Waals surface area contributed by atoms with Crippen molar-refractivity contribution in [3.63, 3.8) is 0 Å². The molecule has 0 radical (unpaired) electrons. The van der Waals surface area contributed by atoms with Crippen molar-refractivity contribution in [2.24, 2.45) is 21.2 Å². The van der Waals surface area contributed by atoms with E-state index in [0.29, 0.717) is 13.2 Å². The molecule has 0 saturated carbocycles. The van der Waals surface area contributed by atoms with Gasteiger partial charge in [-0.15, -0.1) is 0 Å². The molecule has 0 saturated heterocycles. The van der Waals surface area contributed by atoms with Gasteiger partial charge in [-0.05, 0) is 12.1 Å². The number of nitrogens with two attached hydrogens (primary N) is 1. The van der Waals surface area contributed by atoms with Crippen molar-refractivity contribution in [3.8, 4) is 5.75 Å². The van der Waals surface area contributed by atoms with Crippen LogP contribution in [-0.2, 0) is 4.74 Å². The maximum atomic E-state index is 5.56. The fourth-order valence-electron chi connectivity index (χ4n) is 1.48. The summed E-state index contributed by atoms with van der Waals surface area (Å²) < 4.78 is 10.7. The Labute approximate surface area is 99.1 Å². The number of amidine groups is 1. The maximum absolute atomic E-state index is 5.56. The minimum absolute atomic E-state index is 0.0687. The predicted octanol–water partition coefficient (Wildman–Crippen LogP) is 1.54. The van der Waals surface area contributed by atoms with E-state index in [9.17, 15) is 0 Å². The first-order valence-corrected chi connectivity index (χ1v) is 5.38.